The maximum Gasteiger partial charge on any atom is 0.223 e. The van der Waals surface area contributed by atoms with Gasteiger partial charge in [-0.05, 0) is 23.4 Å². The van der Waals surface area contributed by atoms with Crippen molar-refractivity contribution in [1.82, 2.24) is 9.88 Å². The Morgan fingerprint density at radius 1 is 1.53 bits per heavy atom. The molecule has 4 nitrogen and oxygen atoms in total. The highest BCUT2D eigenvalue weighted by Gasteiger charge is 2.18. The summed E-state index contributed by atoms with van der Waals surface area (Å²) in [5.74, 6) is -0.0678. The summed E-state index contributed by atoms with van der Waals surface area (Å²) >= 11 is 3.34. The number of carbonyl (C=O) groups excluding carboxylic acids is 1. The number of fused-ring (bicyclic) bond motifs is 1. The molecule has 0 fully saturated rings. The maximum atomic E-state index is 11.0. The van der Waals surface area contributed by atoms with Crippen LogP contribution >= 0.6 is 22.7 Å². The normalized spacial score (nSPS) is 15.2. The highest BCUT2D eigenvalue weighted by atomic mass is 32.1. The van der Waals surface area contributed by atoms with E-state index in [1.807, 2.05) is 16.7 Å². The van der Waals surface area contributed by atoms with Crippen molar-refractivity contribution in [3.63, 3.8) is 0 Å². The van der Waals surface area contributed by atoms with Crippen LogP contribution in [0, 0.1) is 0 Å². The molecule has 3 rings (SSSR count). The van der Waals surface area contributed by atoms with Crippen molar-refractivity contribution in [2.75, 3.05) is 11.9 Å². The Kier molecular flexibility index (Phi) is 3.63. The van der Waals surface area contributed by atoms with Gasteiger partial charge >= 0.3 is 0 Å². The Bertz CT molecular complexity index is 590. The maximum absolute atomic E-state index is 11.0. The van der Waals surface area contributed by atoms with Crippen molar-refractivity contribution in [1.29, 1.82) is 0 Å². The lowest BCUT2D eigenvalue weighted by Gasteiger charge is -2.25. The van der Waals surface area contributed by atoms with E-state index in [2.05, 4.69) is 26.6 Å². The first-order valence-electron chi connectivity index (χ1n) is 6.20. The van der Waals surface area contributed by atoms with Gasteiger partial charge in [0, 0.05) is 36.8 Å². The summed E-state index contributed by atoms with van der Waals surface area (Å²) in [5, 5.41) is 7.61. The van der Waals surface area contributed by atoms with Crippen molar-refractivity contribution in [2.45, 2.75) is 26.4 Å². The summed E-state index contributed by atoms with van der Waals surface area (Å²) < 4.78 is 0. The third-order valence-electron chi connectivity index (χ3n) is 3.11. The molecule has 0 atom stereocenters. The fourth-order valence-electron chi connectivity index (χ4n) is 2.26. The van der Waals surface area contributed by atoms with Crippen LogP contribution in [0.25, 0.3) is 0 Å². The van der Waals surface area contributed by atoms with Crippen LogP contribution in [0.15, 0.2) is 16.8 Å². The largest absolute Gasteiger partial charge is 0.302 e. The molecule has 0 spiro atoms. The molecule has 6 heteroatoms. The minimum absolute atomic E-state index is 0.0678. The van der Waals surface area contributed by atoms with Crippen molar-refractivity contribution >= 4 is 33.7 Å². The zero-order valence-electron chi connectivity index (χ0n) is 10.7. The second-order valence-corrected chi connectivity index (χ2v) is 6.51. The van der Waals surface area contributed by atoms with Crippen LogP contribution in [0.4, 0.5) is 5.13 Å². The molecule has 19 heavy (non-hydrogen) atoms. The third-order valence-corrected chi connectivity index (χ3v) is 4.94. The summed E-state index contributed by atoms with van der Waals surface area (Å²) in [6.07, 6.45) is 1.13. The van der Waals surface area contributed by atoms with Crippen molar-refractivity contribution in [3.05, 3.63) is 33.0 Å². The minimum Gasteiger partial charge on any atom is -0.302 e. The predicted octanol–water partition coefficient (Wildman–Crippen LogP) is 2.72. The highest BCUT2D eigenvalue weighted by molar-refractivity contribution is 7.13. The highest BCUT2D eigenvalue weighted by Crippen LogP contribution is 2.25. The van der Waals surface area contributed by atoms with Crippen LogP contribution in [-0.4, -0.2) is 22.3 Å². The molecule has 0 unspecified atom stereocenters. The van der Waals surface area contributed by atoms with Gasteiger partial charge in [-0.2, -0.15) is 0 Å². The molecule has 0 aromatic carbocycles. The molecule has 3 heterocycles. The standard InChI is InChI=1S/C13H15N3OS2/c1-9(17)14-13-15-11(8-19-13)7-16-4-2-12-10(6-16)3-5-18-12/h3,5,8H,2,4,6-7H2,1H3,(H,14,15,17). The van der Waals surface area contributed by atoms with Gasteiger partial charge in [-0.25, -0.2) is 4.98 Å². The van der Waals surface area contributed by atoms with E-state index >= 15 is 0 Å². The average Bonchev–Trinajstić information content (AvgIpc) is 2.97. The summed E-state index contributed by atoms with van der Waals surface area (Å²) in [6, 6.07) is 2.22. The Morgan fingerprint density at radius 2 is 2.42 bits per heavy atom. The monoisotopic (exact) mass is 293 g/mol. The van der Waals surface area contributed by atoms with E-state index < -0.39 is 0 Å². The third kappa shape index (κ3) is 3.02. The molecule has 2 aromatic rings. The van der Waals surface area contributed by atoms with E-state index in [9.17, 15) is 4.79 Å². The molecule has 2 aromatic heterocycles. The van der Waals surface area contributed by atoms with Crippen molar-refractivity contribution in [3.8, 4) is 0 Å². The molecule has 100 valence electrons. The zero-order chi connectivity index (χ0) is 13.2. The first kappa shape index (κ1) is 12.8. The minimum atomic E-state index is -0.0678. The molecule has 1 aliphatic heterocycles. The zero-order valence-corrected chi connectivity index (χ0v) is 12.3. The number of thiophene rings is 1. The van der Waals surface area contributed by atoms with Gasteiger partial charge in [0.1, 0.15) is 0 Å². The Balaban J connectivity index is 1.63. The molecule has 0 saturated carbocycles. The van der Waals surface area contributed by atoms with Crippen LogP contribution in [0.3, 0.4) is 0 Å². The van der Waals surface area contributed by atoms with E-state index in [1.165, 1.54) is 28.7 Å². The molecule has 0 bridgehead atoms. The number of carbonyl (C=O) groups is 1. The number of anilines is 1. The van der Waals surface area contributed by atoms with Crippen LogP contribution in [0.1, 0.15) is 23.1 Å². The van der Waals surface area contributed by atoms with E-state index in [1.54, 1.807) is 0 Å². The summed E-state index contributed by atoms with van der Waals surface area (Å²) in [7, 11) is 0. The quantitative estimate of drug-likeness (QED) is 0.946. The predicted molar refractivity (Wildman–Crippen MR) is 78.6 cm³/mol. The van der Waals surface area contributed by atoms with Crippen LogP contribution in [0.2, 0.25) is 0 Å². The van der Waals surface area contributed by atoms with Gasteiger partial charge in [0.05, 0.1) is 5.69 Å². The van der Waals surface area contributed by atoms with Gasteiger partial charge in [0.2, 0.25) is 5.91 Å². The first-order chi connectivity index (χ1) is 9.20. The van der Waals surface area contributed by atoms with Gasteiger partial charge < -0.3 is 5.32 Å². The second-order valence-electron chi connectivity index (χ2n) is 4.65. The summed E-state index contributed by atoms with van der Waals surface area (Å²) in [5.41, 5.74) is 2.49. The number of amides is 1. The van der Waals surface area contributed by atoms with Crippen LogP contribution in [-0.2, 0) is 24.3 Å². The molecule has 1 N–H and O–H groups in total. The fourth-order valence-corrected chi connectivity index (χ4v) is 3.90. The van der Waals surface area contributed by atoms with Gasteiger partial charge in [-0.3, -0.25) is 9.69 Å². The van der Waals surface area contributed by atoms with E-state index in [-0.39, 0.29) is 5.91 Å². The number of aromatic nitrogens is 1. The molecule has 1 amide bonds. The van der Waals surface area contributed by atoms with Gasteiger partial charge in [0.15, 0.2) is 5.13 Å². The number of hydrogen-bond donors (Lipinski definition) is 1. The number of hydrogen-bond acceptors (Lipinski definition) is 5. The van der Waals surface area contributed by atoms with Gasteiger partial charge in [-0.15, -0.1) is 22.7 Å². The number of rotatable bonds is 3. The molecule has 0 saturated heterocycles. The molecular weight excluding hydrogens is 278 g/mol. The number of nitrogens with zero attached hydrogens (tertiary/aromatic N) is 2. The Hall–Kier alpha value is -1.24. The van der Waals surface area contributed by atoms with Crippen LogP contribution < -0.4 is 5.32 Å². The Labute approximate surface area is 120 Å². The number of nitrogens with one attached hydrogen (secondary N) is 1. The molecular formula is C13H15N3OS2. The van der Waals surface area contributed by atoms with E-state index in [0.717, 1.165) is 31.7 Å². The van der Waals surface area contributed by atoms with Gasteiger partial charge in [-0.1, -0.05) is 0 Å². The summed E-state index contributed by atoms with van der Waals surface area (Å²) in [4.78, 5) is 19.3. The number of thiazole rings is 1. The second kappa shape index (κ2) is 5.40. The van der Waals surface area contributed by atoms with E-state index in [4.69, 9.17) is 0 Å². The van der Waals surface area contributed by atoms with Crippen molar-refractivity contribution < 1.29 is 4.79 Å². The lowest BCUT2D eigenvalue weighted by atomic mass is 10.1. The van der Waals surface area contributed by atoms with Crippen LogP contribution in [0.5, 0.6) is 0 Å². The summed E-state index contributed by atoms with van der Waals surface area (Å²) in [6.45, 7) is 4.45. The first-order valence-corrected chi connectivity index (χ1v) is 7.96. The van der Waals surface area contributed by atoms with Gasteiger partial charge in [0.25, 0.3) is 0 Å². The van der Waals surface area contributed by atoms with Crippen molar-refractivity contribution in [2.24, 2.45) is 0 Å². The molecule has 1 aliphatic rings. The molecule has 0 radical (unpaired) electrons. The Morgan fingerprint density at radius 3 is 3.26 bits per heavy atom. The fraction of sp³-hybridized carbons (Fsp3) is 0.385. The lowest BCUT2D eigenvalue weighted by molar-refractivity contribution is -0.114. The average molecular weight is 293 g/mol. The smallest absolute Gasteiger partial charge is 0.223 e. The van der Waals surface area contributed by atoms with E-state index in [0.29, 0.717) is 5.13 Å². The molecule has 0 aliphatic carbocycles. The lowest BCUT2D eigenvalue weighted by Crippen LogP contribution is -2.29. The topological polar surface area (TPSA) is 45.2 Å². The SMILES string of the molecule is CC(=O)Nc1nc(CN2CCc3sccc3C2)cs1.